The highest BCUT2D eigenvalue weighted by Gasteiger charge is 2.14. The lowest BCUT2D eigenvalue weighted by Gasteiger charge is -2.00. The van der Waals surface area contributed by atoms with E-state index < -0.39 is 33.0 Å². The maximum absolute atomic E-state index is 12.7. The van der Waals surface area contributed by atoms with Gasteiger partial charge in [0.05, 0.1) is 0 Å². The molecule has 0 atom stereocenters. The first-order chi connectivity index (χ1) is 6.78. The number of halogens is 2. The third-order valence-corrected chi connectivity index (χ3v) is 2.36. The highest BCUT2D eigenvalue weighted by molar-refractivity contribution is 7.91. The third-order valence-electron chi connectivity index (χ3n) is 1.58. The fraction of sp³-hybridized carbons (Fsp3) is 0.222. The molecule has 6 heteroatoms. The van der Waals surface area contributed by atoms with Crippen molar-refractivity contribution in [1.82, 2.24) is 0 Å². The minimum atomic E-state index is -3.49. The summed E-state index contributed by atoms with van der Waals surface area (Å²) in [5.41, 5.74) is -0.280. The Morgan fingerprint density at radius 3 is 2.07 bits per heavy atom. The summed E-state index contributed by atoms with van der Waals surface area (Å²) in [4.78, 5) is 11.3. The Balaban J connectivity index is 3.02. The van der Waals surface area contributed by atoms with Crippen LogP contribution < -0.4 is 0 Å². The Labute approximate surface area is 85.6 Å². The van der Waals surface area contributed by atoms with Gasteiger partial charge in [0.25, 0.3) is 0 Å². The number of ketones is 1. The predicted octanol–water partition coefficient (Wildman–Crippen LogP) is 1.19. The van der Waals surface area contributed by atoms with Crippen LogP contribution in [0.1, 0.15) is 10.4 Å². The number of sulfone groups is 1. The normalized spacial score (nSPS) is 11.4. The Morgan fingerprint density at radius 2 is 1.67 bits per heavy atom. The van der Waals surface area contributed by atoms with Crippen molar-refractivity contribution < 1.29 is 22.0 Å². The molecule has 0 aliphatic heterocycles. The molecule has 0 heterocycles. The number of rotatable bonds is 3. The van der Waals surface area contributed by atoms with E-state index in [9.17, 15) is 22.0 Å². The largest absolute Gasteiger partial charge is 0.293 e. The van der Waals surface area contributed by atoms with E-state index in [1.54, 1.807) is 0 Å². The summed E-state index contributed by atoms with van der Waals surface area (Å²) in [5, 5.41) is 0. The molecular weight excluding hydrogens is 226 g/mol. The fourth-order valence-electron chi connectivity index (χ4n) is 1.04. The second kappa shape index (κ2) is 4.06. The molecular formula is C9H8F2O3S. The Kier molecular flexibility index (Phi) is 3.18. The van der Waals surface area contributed by atoms with Gasteiger partial charge in [-0.2, -0.15) is 0 Å². The van der Waals surface area contributed by atoms with Crippen LogP contribution in [0.25, 0.3) is 0 Å². The molecule has 1 rings (SSSR count). The van der Waals surface area contributed by atoms with Gasteiger partial charge in [-0.1, -0.05) is 0 Å². The van der Waals surface area contributed by atoms with Gasteiger partial charge in [0, 0.05) is 17.9 Å². The van der Waals surface area contributed by atoms with E-state index in [4.69, 9.17) is 0 Å². The van der Waals surface area contributed by atoms with E-state index in [-0.39, 0.29) is 5.56 Å². The Bertz CT molecular complexity index is 474. The quantitative estimate of drug-likeness (QED) is 0.738. The average Bonchev–Trinajstić information content (AvgIpc) is 1.98. The van der Waals surface area contributed by atoms with E-state index in [1.165, 1.54) is 0 Å². The lowest BCUT2D eigenvalue weighted by Crippen LogP contribution is -2.14. The second-order valence-electron chi connectivity index (χ2n) is 3.15. The molecule has 0 saturated heterocycles. The van der Waals surface area contributed by atoms with Crippen LogP contribution >= 0.6 is 0 Å². The summed E-state index contributed by atoms with van der Waals surface area (Å²) >= 11 is 0. The minimum Gasteiger partial charge on any atom is -0.293 e. The molecule has 3 nitrogen and oxygen atoms in total. The molecule has 0 aliphatic carbocycles. The minimum absolute atomic E-state index is 0.280. The molecule has 0 bridgehead atoms. The maximum Gasteiger partial charge on any atom is 0.178 e. The molecule has 0 aliphatic rings. The van der Waals surface area contributed by atoms with Gasteiger partial charge in [0.15, 0.2) is 15.6 Å². The summed E-state index contributed by atoms with van der Waals surface area (Å²) in [6, 6.07) is 2.21. The van der Waals surface area contributed by atoms with Gasteiger partial charge in [-0.05, 0) is 12.1 Å². The van der Waals surface area contributed by atoms with E-state index >= 15 is 0 Å². The van der Waals surface area contributed by atoms with Crippen molar-refractivity contribution in [2.24, 2.45) is 0 Å². The Hall–Kier alpha value is -1.30. The molecule has 1 aromatic rings. The molecule has 0 radical (unpaired) electrons. The van der Waals surface area contributed by atoms with Gasteiger partial charge in [-0.15, -0.1) is 0 Å². The van der Waals surface area contributed by atoms with Crippen LogP contribution in [-0.2, 0) is 9.84 Å². The van der Waals surface area contributed by atoms with Gasteiger partial charge >= 0.3 is 0 Å². The number of carbonyl (C=O) groups is 1. The van der Waals surface area contributed by atoms with Crippen molar-refractivity contribution in [3.8, 4) is 0 Å². The van der Waals surface area contributed by atoms with Crippen LogP contribution in [0, 0.1) is 11.6 Å². The number of hydrogen-bond donors (Lipinski definition) is 0. The zero-order chi connectivity index (χ0) is 11.6. The van der Waals surface area contributed by atoms with Crippen LogP contribution in [-0.4, -0.2) is 26.2 Å². The fourth-order valence-corrected chi connectivity index (χ4v) is 1.68. The zero-order valence-corrected chi connectivity index (χ0v) is 8.64. The summed E-state index contributed by atoms with van der Waals surface area (Å²) in [7, 11) is -3.49. The third kappa shape index (κ3) is 3.75. The first kappa shape index (κ1) is 11.8. The lowest BCUT2D eigenvalue weighted by molar-refractivity contribution is 0.102. The highest BCUT2D eigenvalue weighted by atomic mass is 32.2. The summed E-state index contributed by atoms with van der Waals surface area (Å²) < 4.78 is 46.9. The molecule has 0 aromatic heterocycles. The van der Waals surface area contributed by atoms with Crippen molar-refractivity contribution in [2.75, 3.05) is 12.0 Å². The zero-order valence-electron chi connectivity index (χ0n) is 7.83. The summed E-state index contributed by atoms with van der Waals surface area (Å²) in [6.45, 7) is 0. The average molecular weight is 234 g/mol. The van der Waals surface area contributed by atoms with Crippen LogP contribution in [0.4, 0.5) is 8.78 Å². The molecule has 0 spiro atoms. The monoisotopic (exact) mass is 234 g/mol. The lowest BCUT2D eigenvalue weighted by atomic mass is 10.1. The predicted molar refractivity (Wildman–Crippen MR) is 50.4 cm³/mol. The van der Waals surface area contributed by atoms with Gasteiger partial charge in [0.2, 0.25) is 0 Å². The van der Waals surface area contributed by atoms with Gasteiger partial charge < -0.3 is 0 Å². The van der Waals surface area contributed by atoms with Crippen LogP contribution in [0.15, 0.2) is 18.2 Å². The topological polar surface area (TPSA) is 51.2 Å². The van der Waals surface area contributed by atoms with E-state index in [0.29, 0.717) is 6.07 Å². The van der Waals surface area contributed by atoms with Crippen molar-refractivity contribution in [3.63, 3.8) is 0 Å². The molecule has 0 fully saturated rings. The number of benzene rings is 1. The second-order valence-corrected chi connectivity index (χ2v) is 5.29. The van der Waals surface area contributed by atoms with E-state index in [1.807, 2.05) is 0 Å². The van der Waals surface area contributed by atoms with E-state index in [0.717, 1.165) is 18.4 Å². The van der Waals surface area contributed by atoms with Crippen molar-refractivity contribution in [1.29, 1.82) is 0 Å². The van der Waals surface area contributed by atoms with Gasteiger partial charge in [0.1, 0.15) is 17.4 Å². The standard InChI is InChI=1S/C9H8F2O3S/c1-15(13,14)5-9(12)6-2-7(10)4-8(11)3-6/h2-4H,5H2,1H3. The molecule has 0 N–H and O–H groups in total. The summed E-state index contributed by atoms with van der Waals surface area (Å²) in [6.07, 6.45) is 0.876. The van der Waals surface area contributed by atoms with Crippen LogP contribution in [0.5, 0.6) is 0 Å². The van der Waals surface area contributed by atoms with E-state index in [2.05, 4.69) is 0 Å². The van der Waals surface area contributed by atoms with Crippen LogP contribution in [0.2, 0.25) is 0 Å². The smallest absolute Gasteiger partial charge is 0.178 e. The SMILES string of the molecule is CS(=O)(=O)CC(=O)c1cc(F)cc(F)c1. The van der Waals surface area contributed by atoms with Gasteiger partial charge in [-0.3, -0.25) is 4.79 Å². The molecule has 82 valence electrons. The van der Waals surface area contributed by atoms with Crippen LogP contribution in [0.3, 0.4) is 0 Å². The molecule has 15 heavy (non-hydrogen) atoms. The molecule has 1 aromatic carbocycles. The number of Topliss-reactive ketones (excluding diaryl/α,β-unsaturated/α-hetero) is 1. The molecule has 0 saturated carbocycles. The molecule has 0 amide bonds. The van der Waals surface area contributed by atoms with Crippen molar-refractivity contribution >= 4 is 15.6 Å². The Morgan fingerprint density at radius 1 is 1.20 bits per heavy atom. The number of hydrogen-bond acceptors (Lipinski definition) is 3. The molecule has 0 unspecified atom stereocenters. The summed E-state index contributed by atoms with van der Waals surface area (Å²) in [5.74, 6) is -3.40. The maximum atomic E-state index is 12.7. The van der Waals surface area contributed by atoms with Gasteiger partial charge in [-0.25, -0.2) is 17.2 Å². The highest BCUT2D eigenvalue weighted by Crippen LogP contribution is 2.09. The first-order valence-electron chi connectivity index (χ1n) is 3.95. The number of carbonyl (C=O) groups excluding carboxylic acids is 1. The van der Waals surface area contributed by atoms with Crippen molar-refractivity contribution in [3.05, 3.63) is 35.4 Å². The van der Waals surface area contributed by atoms with Crippen molar-refractivity contribution in [2.45, 2.75) is 0 Å². The first-order valence-corrected chi connectivity index (χ1v) is 6.01.